The monoisotopic (exact) mass is 381 g/mol. The first-order valence-corrected chi connectivity index (χ1v) is 9.51. The molecule has 0 spiro atoms. The molecular weight excluding hydrogens is 362 g/mol. The van der Waals surface area contributed by atoms with Gasteiger partial charge in [0.2, 0.25) is 11.7 Å². The van der Waals surface area contributed by atoms with E-state index in [0.29, 0.717) is 29.1 Å². The highest BCUT2D eigenvalue weighted by Gasteiger charge is 2.23. The second-order valence-corrected chi connectivity index (χ2v) is 7.95. The van der Waals surface area contributed by atoms with Crippen LogP contribution in [0.25, 0.3) is 17.3 Å². The Morgan fingerprint density at radius 2 is 1.85 bits per heavy atom. The van der Waals surface area contributed by atoms with Gasteiger partial charge in [0.15, 0.2) is 16.7 Å². The Morgan fingerprint density at radius 3 is 2.52 bits per heavy atom. The van der Waals surface area contributed by atoms with Crippen LogP contribution in [0, 0.1) is 0 Å². The van der Waals surface area contributed by atoms with Crippen LogP contribution in [-0.2, 0) is 11.2 Å². The van der Waals surface area contributed by atoms with E-state index in [1.165, 1.54) is 11.8 Å². The lowest BCUT2D eigenvalue weighted by molar-refractivity contribution is 0.319. The van der Waals surface area contributed by atoms with Crippen molar-refractivity contribution in [3.63, 3.8) is 0 Å². The number of rotatable bonds is 5. The van der Waals surface area contributed by atoms with Crippen LogP contribution >= 0.6 is 11.8 Å². The lowest BCUT2D eigenvalue weighted by Crippen LogP contribution is -2.11. The van der Waals surface area contributed by atoms with Crippen LogP contribution in [0.3, 0.4) is 0 Å². The minimum absolute atomic E-state index is 0.174. The van der Waals surface area contributed by atoms with Gasteiger partial charge in [0.1, 0.15) is 0 Å². The molecule has 0 saturated carbocycles. The Kier molecular flexibility index (Phi) is 4.57. The molecule has 4 rings (SSSR count). The van der Waals surface area contributed by atoms with Crippen molar-refractivity contribution in [3.8, 4) is 17.3 Å². The van der Waals surface area contributed by atoms with Gasteiger partial charge in [0, 0.05) is 11.1 Å². The van der Waals surface area contributed by atoms with Crippen molar-refractivity contribution in [2.75, 3.05) is 0 Å². The molecule has 0 aliphatic carbocycles. The zero-order valence-corrected chi connectivity index (χ0v) is 16.1. The molecule has 0 amide bonds. The third-order valence-corrected chi connectivity index (χ3v) is 4.75. The van der Waals surface area contributed by atoms with E-state index in [-0.39, 0.29) is 5.41 Å². The average Bonchev–Trinajstić information content (AvgIpc) is 3.39. The molecule has 0 unspecified atom stereocenters. The van der Waals surface area contributed by atoms with E-state index in [0.717, 1.165) is 10.8 Å². The molecule has 0 radical (unpaired) electrons. The van der Waals surface area contributed by atoms with Crippen molar-refractivity contribution < 1.29 is 8.94 Å². The van der Waals surface area contributed by atoms with Crippen LogP contribution in [0.15, 0.2) is 62.8 Å². The summed E-state index contributed by atoms with van der Waals surface area (Å²) in [6.45, 7) is 6.12. The number of furan rings is 1. The van der Waals surface area contributed by atoms with Gasteiger partial charge in [-0.2, -0.15) is 4.98 Å². The third kappa shape index (κ3) is 3.66. The molecule has 7 nitrogen and oxygen atoms in total. The second-order valence-electron chi connectivity index (χ2n) is 7.01. The maximum absolute atomic E-state index is 5.53. The Labute approximate surface area is 160 Å². The van der Waals surface area contributed by atoms with Crippen molar-refractivity contribution in [3.05, 3.63) is 60.4 Å². The molecule has 0 N–H and O–H groups in total. The summed E-state index contributed by atoms with van der Waals surface area (Å²) < 4.78 is 12.9. The van der Waals surface area contributed by atoms with Gasteiger partial charge in [0.05, 0.1) is 12.0 Å². The van der Waals surface area contributed by atoms with E-state index < -0.39 is 0 Å². The maximum atomic E-state index is 5.53. The normalized spacial score (nSPS) is 11.8. The van der Waals surface area contributed by atoms with Crippen LogP contribution < -0.4 is 0 Å². The van der Waals surface area contributed by atoms with Gasteiger partial charge in [-0.15, -0.1) is 10.2 Å². The second kappa shape index (κ2) is 7.03. The molecule has 0 fully saturated rings. The predicted molar refractivity (Wildman–Crippen MR) is 102 cm³/mol. The van der Waals surface area contributed by atoms with Gasteiger partial charge in [-0.05, 0) is 24.3 Å². The van der Waals surface area contributed by atoms with E-state index in [1.54, 1.807) is 6.26 Å². The SMILES string of the molecule is CC(C)(C)c1nc(CSc2nnc(-c3ccco3)n2-c2ccccc2)no1. The predicted octanol–water partition coefficient (Wildman–Crippen LogP) is 4.50. The summed E-state index contributed by atoms with van der Waals surface area (Å²) in [5.41, 5.74) is 0.784. The van der Waals surface area contributed by atoms with Crippen molar-refractivity contribution in [2.45, 2.75) is 37.1 Å². The standard InChI is InChI=1S/C19H19N5O2S/c1-19(2,3)17-20-15(23-26-17)12-27-18-22-21-16(14-10-7-11-25-14)24(18)13-8-5-4-6-9-13/h4-11H,12H2,1-3H3. The third-order valence-electron chi connectivity index (χ3n) is 3.83. The quantitative estimate of drug-likeness (QED) is 0.471. The molecule has 0 aliphatic rings. The average molecular weight is 381 g/mol. The highest BCUT2D eigenvalue weighted by atomic mass is 32.2. The Bertz CT molecular complexity index is 1020. The summed E-state index contributed by atoms with van der Waals surface area (Å²) in [5, 5.41) is 13.5. The van der Waals surface area contributed by atoms with Crippen LogP contribution in [0.5, 0.6) is 0 Å². The highest BCUT2D eigenvalue weighted by molar-refractivity contribution is 7.98. The number of para-hydroxylation sites is 1. The van der Waals surface area contributed by atoms with Gasteiger partial charge in [0.25, 0.3) is 0 Å². The minimum Gasteiger partial charge on any atom is -0.461 e. The molecule has 138 valence electrons. The summed E-state index contributed by atoms with van der Waals surface area (Å²) in [6.07, 6.45) is 1.62. The lowest BCUT2D eigenvalue weighted by atomic mass is 9.97. The molecule has 3 heterocycles. The fraction of sp³-hybridized carbons (Fsp3) is 0.263. The summed E-state index contributed by atoms with van der Waals surface area (Å²) in [6, 6.07) is 13.6. The fourth-order valence-corrected chi connectivity index (χ4v) is 3.28. The van der Waals surface area contributed by atoms with Gasteiger partial charge in [-0.25, -0.2) is 0 Å². The Morgan fingerprint density at radius 1 is 1.04 bits per heavy atom. The lowest BCUT2D eigenvalue weighted by Gasteiger charge is -2.10. The van der Waals surface area contributed by atoms with Crippen LogP contribution in [0.2, 0.25) is 0 Å². The minimum atomic E-state index is -0.174. The van der Waals surface area contributed by atoms with Crippen molar-refractivity contribution in [1.29, 1.82) is 0 Å². The first-order valence-electron chi connectivity index (χ1n) is 8.53. The van der Waals surface area contributed by atoms with Gasteiger partial charge in [-0.3, -0.25) is 4.57 Å². The summed E-state index contributed by atoms with van der Waals surface area (Å²) in [5.74, 6) is 3.10. The maximum Gasteiger partial charge on any atom is 0.232 e. The number of aromatic nitrogens is 5. The first kappa shape index (κ1) is 17.5. The summed E-state index contributed by atoms with van der Waals surface area (Å²) in [4.78, 5) is 4.48. The molecule has 8 heteroatoms. The van der Waals surface area contributed by atoms with Crippen LogP contribution in [-0.4, -0.2) is 24.9 Å². The Hall–Kier alpha value is -2.87. The highest BCUT2D eigenvalue weighted by Crippen LogP contribution is 2.30. The Balaban J connectivity index is 1.64. The first-order chi connectivity index (χ1) is 13.0. The van der Waals surface area contributed by atoms with E-state index in [9.17, 15) is 0 Å². The molecule has 27 heavy (non-hydrogen) atoms. The van der Waals surface area contributed by atoms with Crippen molar-refractivity contribution in [2.24, 2.45) is 0 Å². The molecule has 0 atom stereocenters. The fourth-order valence-electron chi connectivity index (χ4n) is 2.48. The van der Waals surface area contributed by atoms with E-state index in [4.69, 9.17) is 8.94 Å². The van der Waals surface area contributed by atoms with Crippen molar-refractivity contribution >= 4 is 11.8 Å². The number of nitrogens with zero attached hydrogens (tertiary/aromatic N) is 5. The van der Waals surface area contributed by atoms with Crippen LogP contribution in [0.4, 0.5) is 0 Å². The zero-order chi connectivity index (χ0) is 18.9. The summed E-state index contributed by atoms with van der Waals surface area (Å²) in [7, 11) is 0. The van der Waals surface area contributed by atoms with Crippen molar-refractivity contribution in [1.82, 2.24) is 24.9 Å². The zero-order valence-electron chi connectivity index (χ0n) is 15.3. The molecule has 0 saturated heterocycles. The number of hydrogen-bond acceptors (Lipinski definition) is 7. The van der Waals surface area contributed by atoms with Gasteiger partial charge in [-0.1, -0.05) is 55.9 Å². The summed E-state index contributed by atoms with van der Waals surface area (Å²) >= 11 is 1.50. The molecule has 0 aliphatic heterocycles. The van der Waals surface area contributed by atoms with E-state index in [2.05, 4.69) is 20.3 Å². The number of benzene rings is 1. The molecular formula is C19H19N5O2S. The number of thioether (sulfide) groups is 1. The van der Waals surface area contributed by atoms with E-state index in [1.807, 2.05) is 67.8 Å². The number of hydrogen-bond donors (Lipinski definition) is 0. The smallest absolute Gasteiger partial charge is 0.232 e. The molecule has 0 bridgehead atoms. The largest absolute Gasteiger partial charge is 0.461 e. The van der Waals surface area contributed by atoms with E-state index >= 15 is 0 Å². The molecule has 3 aromatic heterocycles. The molecule has 4 aromatic rings. The van der Waals surface area contributed by atoms with Gasteiger partial charge >= 0.3 is 0 Å². The topological polar surface area (TPSA) is 82.8 Å². The van der Waals surface area contributed by atoms with Crippen LogP contribution in [0.1, 0.15) is 32.5 Å². The van der Waals surface area contributed by atoms with Gasteiger partial charge < -0.3 is 8.94 Å². The molecule has 1 aromatic carbocycles.